The van der Waals surface area contributed by atoms with Crippen molar-refractivity contribution in [3.8, 4) is 5.75 Å². The van der Waals surface area contributed by atoms with Crippen LogP contribution < -0.4 is 10.1 Å². The Morgan fingerprint density at radius 1 is 1.00 bits per heavy atom. The molecule has 0 saturated heterocycles. The third kappa shape index (κ3) is 7.78. The van der Waals surface area contributed by atoms with E-state index in [9.17, 15) is 8.78 Å². The molecule has 4 heteroatoms. The summed E-state index contributed by atoms with van der Waals surface area (Å²) in [5.74, 6) is -0.941. The molecule has 0 heterocycles. The average Bonchev–Trinajstić information content (AvgIpc) is 2.31. The van der Waals surface area contributed by atoms with Gasteiger partial charge in [0.25, 0.3) is 0 Å². The third-order valence-corrected chi connectivity index (χ3v) is 2.73. The molecular weight excluding hydrogens is 248 g/mol. The van der Waals surface area contributed by atoms with Crippen molar-refractivity contribution < 1.29 is 13.5 Å². The summed E-state index contributed by atoms with van der Waals surface area (Å²) >= 11 is 0. The highest BCUT2D eigenvalue weighted by Crippen LogP contribution is 2.15. The van der Waals surface area contributed by atoms with Crippen LogP contribution in [0.3, 0.4) is 0 Å². The van der Waals surface area contributed by atoms with Gasteiger partial charge in [0.15, 0.2) is 0 Å². The molecule has 2 nitrogen and oxygen atoms in total. The number of ether oxygens (including phenoxy) is 1. The lowest BCUT2D eigenvalue weighted by Crippen LogP contribution is -2.23. The maximum atomic E-state index is 12.9. The minimum absolute atomic E-state index is 0.263. The van der Waals surface area contributed by atoms with Gasteiger partial charge in [-0.2, -0.15) is 0 Å². The highest BCUT2D eigenvalue weighted by molar-refractivity contribution is 5.23. The number of unbranched alkanes of at least 4 members (excludes halogenated alkanes) is 3. The smallest absolute Gasteiger partial charge is 0.129 e. The lowest BCUT2D eigenvalue weighted by molar-refractivity contribution is 0.301. The zero-order valence-corrected chi connectivity index (χ0v) is 11.7. The van der Waals surface area contributed by atoms with E-state index in [2.05, 4.69) is 19.2 Å². The molecule has 0 aliphatic heterocycles. The van der Waals surface area contributed by atoms with Gasteiger partial charge in [0.2, 0.25) is 0 Å². The van der Waals surface area contributed by atoms with Gasteiger partial charge in [-0.1, -0.05) is 26.7 Å². The van der Waals surface area contributed by atoms with Crippen LogP contribution in [-0.4, -0.2) is 19.2 Å². The van der Waals surface area contributed by atoms with E-state index in [1.807, 2.05) is 0 Å². The Morgan fingerprint density at radius 2 is 1.63 bits per heavy atom. The largest absolute Gasteiger partial charge is 0.493 e. The predicted molar refractivity (Wildman–Crippen MR) is 73.5 cm³/mol. The van der Waals surface area contributed by atoms with E-state index >= 15 is 0 Å². The molecule has 1 aromatic rings. The fourth-order valence-electron chi connectivity index (χ4n) is 1.77. The number of hydrogen-bond acceptors (Lipinski definition) is 2. The first kappa shape index (κ1) is 15.9. The molecule has 108 valence electrons. The van der Waals surface area contributed by atoms with Gasteiger partial charge in [0.05, 0.1) is 6.61 Å². The van der Waals surface area contributed by atoms with Crippen LogP contribution in [0.5, 0.6) is 5.75 Å². The molecule has 0 unspecified atom stereocenters. The van der Waals surface area contributed by atoms with Crippen LogP contribution in [0.1, 0.15) is 39.5 Å². The van der Waals surface area contributed by atoms with E-state index < -0.39 is 11.6 Å². The first-order valence-electron chi connectivity index (χ1n) is 6.90. The molecular formula is C15H23F2NO. The van der Waals surface area contributed by atoms with Crippen LogP contribution in [0.25, 0.3) is 0 Å². The maximum Gasteiger partial charge on any atom is 0.129 e. The van der Waals surface area contributed by atoms with Gasteiger partial charge in [-0.15, -0.1) is 0 Å². The van der Waals surface area contributed by atoms with Crippen molar-refractivity contribution in [2.75, 3.05) is 13.2 Å². The number of nitrogens with one attached hydrogen (secondary N) is 1. The third-order valence-electron chi connectivity index (χ3n) is 2.73. The minimum atomic E-state index is -0.602. The van der Waals surface area contributed by atoms with Crippen molar-refractivity contribution in [2.45, 2.75) is 45.6 Å². The molecule has 1 aromatic carbocycles. The second kappa shape index (κ2) is 8.86. The number of benzene rings is 1. The molecule has 19 heavy (non-hydrogen) atoms. The zero-order valence-electron chi connectivity index (χ0n) is 11.7. The summed E-state index contributed by atoms with van der Waals surface area (Å²) in [5.41, 5.74) is 0. The molecule has 0 radical (unpaired) electrons. The molecule has 1 N–H and O–H groups in total. The summed E-state index contributed by atoms with van der Waals surface area (Å²) in [6.45, 7) is 5.80. The average molecular weight is 271 g/mol. The van der Waals surface area contributed by atoms with Crippen LogP contribution in [0.15, 0.2) is 18.2 Å². The minimum Gasteiger partial charge on any atom is -0.493 e. The molecule has 0 spiro atoms. The van der Waals surface area contributed by atoms with Crippen LogP contribution in [0.4, 0.5) is 8.78 Å². The van der Waals surface area contributed by atoms with E-state index in [4.69, 9.17) is 4.74 Å². The van der Waals surface area contributed by atoms with Crippen LogP contribution >= 0.6 is 0 Å². The normalized spacial score (nSPS) is 11.0. The molecule has 0 fully saturated rings. The van der Waals surface area contributed by atoms with Crippen molar-refractivity contribution in [2.24, 2.45) is 0 Å². The highest BCUT2D eigenvalue weighted by Gasteiger charge is 2.01. The topological polar surface area (TPSA) is 21.3 Å². The van der Waals surface area contributed by atoms with Crippen LogP contribution in [-0.2, 0) is 0 Å². The van der Waals surface area contributed by atoms with E-state index in [1.165, 1.54) is 12.1 Å². The number of rotatable bonds is 9. The molecule has 0 atom stereocenters. The summed E-state index contributed by atoms with van der Waals surface area (Å²) < 4.78 is 31.1. The van der Waals surface area contributed by atoms with Gasteiger partial charge in [0, 0.05) is 24.2 Å². The van der Waals surface area contributed by atoms with Crippen molar-refractivity contribution in [1.29, 1.82) is 0 Å². The van der Waals surface area contributed by atoms with E-state index in [-0.39, 0.29) is 5.75 Å². The molecule has 0 saturated carbocycles. The van der Waals surface area contributed by atoms with Crippen LogP contribution in [0.2, 0.25) is 0 Å². The van der Waals surface area contributed by atoms with Gasteiger partial charge in [-0.05, 0) is 19.4 Å². The Hall–Kier alpha value is -1.16. The molecule has 0 aromatic heterocycles. The summed E-state index contributed by atoms with van der Waals surface area (Å²) in [6.07, 6.45) is 4.25. The van der Waals surface area contributed by atoms with Gasteiger partial charge in [-0.3, -0.25) is 0 Å². The van der Waals surface area contributed by atoms with Crippen molar-refractivity contribution in [3.05, 3.63) is 29.8 Å². The van der Waals surface area contributed by atoms with Gasteiger partial charge >= 0.3 is 0 Å². The first-order valence-corrected chi connectivity index (χ1v) is 6.90. The molecule has 0 aliphatic rings. The summed E-state index contributed by atoms with van der Waals surface area (Å²) in [4.78, 5) is 0. The second-order valence-electron chi connectivity index (χ2n) is 4.98. The number of hydrogen-bond donors (Lipinski definition) is 1. The Bertz CT molecular complexity index is 349. The quantitative estimate of drug-likeness (QED) is 0.688. The van der Waals surface area contributed by atoms with Crippen LogP contribution in [0, 0.1) is 11.6 Å². The Labute approximate surface area is 114 Å². The van der Waals surface area contributed by atoms with E-state index in [0.29, 0.717) is 12.6 Å². The van der Waals surface area contributed by atoms with Gasteiger partial charge in [0.1, 0.15) is 17.4 Å². The van der Waals surface area contributed by atoms with Gasteiger partial charge < -0.3 is 10.1 Å². The summed E-state index contributed by atoms with van der Waals surface area (Å²) in [7, 11) is 0. The lowest BCUT2D eigenvalue weighted by atomic mass is 10.2. The second-order valence-corrected chi connectivity index (χ2v) is 4.98. The first-order chi connectivity index (χ1) is 9.08. The zero-order chi connectivity index (χ0) is 14.1. The Balaban J connectivity index is 2.04. The molecule has 0 amide bonds. The number of halogens is 2. The van der Waals surface area contributed by atoms with E-state index in [1.54, 1.807) is 0 Å². The predicted octanol–water partition coefficient (Wildman–Crippen LogP) is 3.90. The fraction of sp³-hybridized carbons (Fsp3) is 0.600. The van der Waals surface area contributed by atoms with E-state index in [0.717, 1.165) is 38.3 Å². The Kier molecular flexibility index (Phi) is 7.41. The molecule has 0 aliphatic carbocycles. The van der Waals surface area contributed by atoms with Crippen molar-refractivity contribution >= 4 is 0 Å². The standard InChI is InChI=1S/C15H23F2NO/c1-12(2)18-7-5-3-4-6-8-19-15-10-13(16)9-14(17)11-15/h9-12,18H,3-8H2,1-2H3. The van der Waals surface area contributed by atoms with Crippen molar-refractivity contribution in [3.63, 3.8) is 0 Å². The Morgan fingerprint density at radius 3 is 2.26 bits per heavy atom. The summed E-state index contributed by atoms with van der Waals surface area (Å²) in [5, 5.41) is 3.36. The van der Waals surface area contributed by atoms with Crippen molar-refractivity contribution in [1.82, 2.24) is 5.32 Å². The highest BCUT2D eigenvalue weighted by atomic mass is 19.1. The fourth-order valence-corrected chi connectivity index (χ4v) is 1.77. The molecule has 0 bridgehead atoms. The van der Waals surface area contributed by atoms with Gasteiger partial charge in [-0.25, -0.2) is 8.78 Å². The summed E-state index contributed by atoms with van der Waals surface area (Å²) in [6, 6.07) is 3.78. The lowest BCUT2D eigenvalue weighted by Gasteiger charge is -2.08. The maximum absolute atomic E-state index is 12.9. The monoisotopic (exact) mass is 271 g/mol. The molecule has 1 rings (SSSR count). The SMILES string of the molecule is CC(C)NCCCCCCOc1cc(F)cc(F)c1.